The largest absolute Gasteiger partial charge is 0.204 e. The van der Waals surface area contributed by atoms with Crippen LogP contribution in [0.25, 0.3) is 11.4 Å². The van der Waals surface area contributed by atoms with E-state index >= 15 is 0 Å². The second kappa shape index (κ2) is 5.32. The Hall–Kier alpha value is -2.01. The van der Waals surface area contributed by atoms with Gasteiger partial charge in [0.1, 0.15) is 0 Å². The highest BCUT2D eigenvalue weighted by atomic mass is 79.9. The van der Waals surface area contributed by atoms with Crippen molar-refractivity contribution in [2.45, 2.75) is 6.54 Å². The molecule has 0 spiro atoms. The fourth-order valence-corrected chi connectivity index (χ4v) is 2.20. The fourth-order valence-electron chi connectivity index (χ4n) is 1.79. The van der Waals surface area contributed by atoms with Gasteiger partial charge in [-0.15, -0.1) is 10.2 Å². The average molecular weight is 315 g/mol. The number of rotatable bonds is 3. The molecule has 1 aromatic heterocycles. The Labute approximate surface area is 119 Å². The smallest absolute Gasteiger partial charge is 0.159 e. The second-order valence-corrected chi connectivity index (χ2v) is 4.96. The van der Waals surface area contributed by atoms with Crippen molar-refractivity contribution in [3.05, 3.63) is 64.6 Å². The van der Waals surface area contributed by atoms with Crippen molar-refractivity contribution in [1.29, 1.82) is 0 Å². The SMILES string of the molecule is Brc1ccccc1Cn1nnc(-c2ccccc2)n1. The lowest BCUT2D eigenvalue weighted by atomic mass is 10.2. The molecule has 19 heavy (non-hydrogen) atoms. The van der Waals surface area contributed by atoms with Gasteiger partial charge in [0.05, 0.1) is 6.54 Å². The zero-order valence-electron chi connectivity index (χ0n) is 10.1. The van der Waals surface area contributed by atoms with Crippen LogP contribution in [-0.2, 0) is 6.54 Å². The first kappa shape index (κ1) is 12.0. The number of halogens is 1. The molecular formula is C14H11BrN4. The number of benzene rings is 2. The van der Waals surface area contributed by atoms with Gasteiger partial charge >= 0.3 is 0 Å². The number of aromatic nitrogens is 4. The summed E-state index contributed by atoms with van der Waals surface area (Å²) < 4.78 is 1.05. The van der Waals surface area contributed by atoms with E-state index in [0.717, 1.165) is 15.6 Å². The summed E-state index contributed by atoms with van der Waals surface area (Å²) >= 11 is 3.52. The van der Waals surface area contributed by atoms with Crippen molar-refractivity contribution in [3.8, 4) is 11.4 Å². The molecule has 0 saturated heterocycles. The van der Waals surface area contributed by atoms with Gasteiger partial charge in [-0.1, -0.05) is 64.5 Å². The fraction of sp³-hybridized carbons (Fsp3) is 0.0714. The van der Waals surface area contributed by atoms with Crippen molar-refractivity contribution >= 4 is 15.9 Å². The van der Waals surface area contributed by atoms with Gasteiger partial charge in [-0.05, 0) is 16.8 Å². The zero-order valence-corrected chi connectivity index (χ0v) is 11.7. The summed E-state index contributed by atoms with van der Waals surface area (Å²) in [7, 11) is 0. The van der Waals surface area contributed by atoms with E-state index < -0.39 is 0 Å². The number of nitrogens with zero attached hydrogens (tertiary/aromatic N) is 4. The van der Waals surface area contributed by atoms with Crippen LogP contribution in [0.15, 0.2) is 59.1 Å². The molecule has 1 heterocycles. The topological polar surface area (TPSA) is 43.6 Å². The number of tetrazole rings is 1. The molecule has 4 nitrogen and oxygen atoms in total. The maximum atomic E-state index is 4.39. The Morgan fingerprint density at radius 2 is 1.68 bits per heavy atom. The molecule has 0 atom stereocenters. The first-order valence-corrected chi connectivity index (χ1v) is 6.69. The number of hydrogen-bond acceptors (Lipinski definition) is 3. The van der Waals surface area contributed by atoms with Gasteiger partial charge in [-0.3, -0.25) is 0 Å². The molecule has 2 aromatic carbocycles. The third-order valence-electron chi connectivity index (χ3n) is 2.75. The summed E-state index contributed by atoms with van der Waals surface area (Å²) in [6, 6.07) is 17.9. The summed E-state index contributed by atoms with van der Waals surface area (Å²) in [5.74, 6) is 0.646. The minimum atomic E-state index is 0.598. The van der Waals surface area contributed by atoms with E-state index in [1.54, 1.807) is 4.80 Å². The molecule has 0 N–H and O–H groups in total. The molecule has 0 bridgehead atoms. The molecule has 0 saturated carbocycles. The maximum absolute atomic E-state index is 4.39. The third kappa shape index (κ3) is 2.71. The molecule has 3 rings (SSSR count). The molecule has 3 aromatic rings. The maximum Gasteiger partial charge on any atom is 0.204 e. The summed E-state index contributed by atoms with van der Waals surface area (Å²) in [5, 5.41) is 12.6. The van der Waals surface area contributed by atoms with E-state index in [0.29, 0.717) is 12.4 Å². The molecule has 0 aliphatic carbocycles. The highest BCUT2D eigenvalue weighted by Crippen LogP contribution is 2.17. The quantitative estimate of drug-likeness (QED) is 0.746. The Bertz CT molecular complexity index is 679. The number of hydrogen-bond donors (Lipinski definition) is 0. The highest BCUT2D eigenvalue weighted by molar-refractivity contribution is 9.10. The Morgan fingerprint density at radius 3 is 2.47 bits per heavy atom. The Kier molecular flexibility index (Phi) is 3.37. The van der Waals surface area contributed by atoms with Gasteiger partial charge in [0, 0.05) is 10.0 Å². The standard InChI is InChI=1S/C14H11BrN4/c15-13-9-5-4-8-12(13)10-19-17-14(16-18-19)11-6-2-1-3-7-11/h1-9H,10H2. The van der Waals surface area contributed by atoms with Crippen LogP contribution in [0, 0.1) is 0 Å². The van der Waals surface area contributed by atoms with E-state index in [1.807, 2.05) is 54.6 Å². The Morgan fingerprint density at radius 1 is 0.947 bits per heavy atom. The first-order chi connectivity index (χ1) is 9.33. The van der Waals surface area contributed by atoms with Crippen molar-refractivity contribution in [2.24, 2.45) is 0 Å². The van der Waals surface area contributed by atoms with Crippen LogP contribution in [0.5, 0.6) is 0 Å². The minimum Gasteiger partial charge on any atom is -0.159 e. The lowest BCUT2D eigenvalue weighted by Crippen LogP contribution is -2.04. The normalized spacial score (nSPS) is 10.6. The van der Waals surface area contributed by atoms with Gasteiger partial charge < -0.3 is 0 Å². The van der Waals surface area contributed by atoms with Gasteiger partial charge in [0.15, 0.2) is 0 Å². The van der Waals surface area contributed by atoms with Gasteiger partial charge in [0.25, 0.3) is 0 Å². The highest BCUT2D eigenvalue weighted by Gasteiger charge is 2.06. The Balaban J connectivity index is 1.85. The molecule has 0 radical (unpaired) electrons. The van der Waals surface area contributed by atoms with Crippen LogP contribution in [0.2, 0.25) is 0 Å². The van der Waals surface area contributed by atoms with Crippen molar-refractivity contribution in [2.75, 3.05) is 0 Å². The van der Waals surface area contributed by atoms with E-state index in [4.69, 9.17) is 0 Å². The first-order valence-electron chi connectivity index (χ1n) is 5.89. The van der Waals surface area contributed by atoms with Crippen LogP contribution in [0.4, 0.5) is 0 Å². The van der Waals surface area contributed by atoms with Crippen molar-refractivity contribution in [3.63, 3.8) is 0 Å². The molecule has 0 unspecified atom stereocenters. The van der Waals surface area contributed by atoms with E-state index in [9.17, 15) is 0 Å². The predicted molar refractivity (Wildman–Crippen MR) is 76.5 cm³/mol. The summed E-state index contributed by atoms with van der Waals surface area (Å²) in [6.07, 6.45) is 0. The monoisotopic (exact) mass is 314 g/mol. The summed E-state index contributed by atoms with van der Waals surface area (Å²) in [4.78, 5) is 1.60. The summed E-state index contributed by atoms with van der Waals surface area (Å²) in [6.45, 7) is 0.598. The zero-order chi connectivity index (χ0) is 13.1. The molecule has 0 aliphatic rings. The average Bonchev–Trinajstić information content (AvgIpc) is 2.91. The molecule has 0 amide bonds. The second-order valence-electron chi connectivity index (χ2n) is 4.10. The van der Waals surface area contributed by atoms with Crippen LogP contribution < -0.4 is 0 Å². The summed E-state index contributed by atoms with van der Waals surface area (Å²) in [5.41, 5.74) is 2.10. The van der Waals surface area contributed by atoms with Gasteiger partial charge in [0.2, 0.25) is 5.82 Å². The van der Waals surface area contributed by atoms with E-state index in [-0.39, 0.29) is 0 Å². The molecule has 0 aliphatic heterocycles. The molecule has 94 valence electrons. The van der Waals surface area contributed by atoms with Crippen LogP contribution in [-0.4, -0.2) is 20.2 Å². The van der Waals surface area contributed by atoms with Gasteiger partial charge in [-0.2, -0.15) is 4.80 Å². The van der Waals surface area contributed by atoms with Crippen LogP contribution in [0.3, 0.4) is 0 Å². The van der Waals surface area contributed by atoms with Crippen LogP contribution >= 0.6 is 15.9 Å². The lowest BCUT2D eigenvalue weighted by molar-refractivity contribution is 0.571. The van der Waals surface area contributed by atoms with Crippen molar-refractivity contribution < 1.29 is 0 Å². The van der Waals surface area contributed by atoms with E-state index in [1.165, 1.54) is 0 Å². The minimum absolute atomic E-state index is 0.598. The van der Waals surface area contributed by atoms with E-state index in [2.05, 4.69) is 31.3 Å². The molecular weight excluding hydrogens is 304 g/mol. The van der Waals surface area contributed by atoms with Crippen LogP contribution in [0.1, 0.15) is 5.56 Å². The predicted octanol–water partition coefficient (Wildman–Crippen LogP) is 3.15. The molecule has 0 fully saturated rings. The van der Waals surface area contributed by atoms with Gasteiger partial charge in [-0.25, -0.2) is 0 Å². The molecule has 5 heteroatoms. The third-order valence-corrected chi connectivity index (χ3v) is 3.53. The van der Waals surface area contributed by atoms with Crippen molar-refractivity contribution in [1.82, 2.24) is 20.2 Å². The lowest BCUT2D eigenvalue weighted by Gasteiger charge is -2.01.